The molecule has 1 amide bonds. The molecule has 0 bridgehead atoms. The van der Waals surface area contributed by atoms with Crippen LogP contribution in [0.2, 0.25) is 0 Å². The largest absolute Gasteiger partial charge is 0.299 e. The van der Waals surface area contributed by atoms with Crippen molar-refractivity contribution in [3.8, 4) is 0 Å². The second-order valence-corrected chi connectivity index (χ2v) is 3.14. The summed E-state index contributed by atoms with van der Waals surface area (Å²) in [6.07, 6.45) is 0. The average Bonchev–Trinajstić information content (AvgIpc) is 2.27. The molecule has 0 aliphatic heterocycles. The van der Waals surface area contributed by atoms with Crippen LogP contribution in [0, 0.1) is 5.41 Å². The van der Waals surface area contributed by atoms with E-state index < -0.39 is 0 Å². The number of amidine groups is 1. The van der Waals surface area contributed by atoms with E-state index in [0.717, 1.165) is 5.56 Å². The van der Waals surface area contributed by atoms with E-state index >= 15 is 0 Å². The summed E-state index contributed by atoms with van der Waals surface area (Å²) in [7, 11) is 1.58. The van der Waals surface area contributed by atoms with Gasteiger partial charge in [-0.05, 0) is 0 Å². The monoisotopic (exact) mass is 208 g/mol. The number of hydrogen-bond acceptors (Lipinski definition) is 3. The highest BCUT2D eigenvalue weighted by molar-refractivity contribution is 7.81. The Labute approximate surface area is 88.7 Å². The Morgan fingerprint density at radius 3 is 2.50 bits per heavy atom. The van der Waals surface area contributed by atoms with Gasteiger partial charge >= 0.3 is 0 Å². The Kier molecular flexibility index (Phi) is 3.71. The Morgan fingerprint density at radius 1 is 1.43 bits per heavy atom. The third-order valence-corrected chi connectivity index (χ3v) is 2.16. The van der Waals surface area contributed by atoms with E-state index in [4.69, 9.17) is 5.41 Å². The van der Waals surface area contributed by atoms with E-state index in [1.54, 1.807) is 19.2 Å². The van der Waals surface area contributed by atoms with Gasteiger partial charge in [-0.25, -0.2) is 0 Å². The van der Waals surface area contributed by atoms with Crippen LogP contribution >= 0.6 is 12.6 Å². The predicted molar refractivity (Wildman–Crippen MR) is 59.9 cm³/mol. The van der Waals surface area contributed by atoms with Crippen LogP contribution in [-0.2, 0) is 4.79 Å². The van der Waals surface area contributed by atoms with Gasteiger partial charge in [0, 0.05) is 12.6 Å². The van der Waals surface area contributed by atoms with Crippen LogP contribution in [0.5, 0.6) is 0 Å². The van der Waals surface area contributed by atoms with Crippen molar-refractivity contribution in [1.82, 2.24) is 4.90 Å². The molecular formula is C10H12N2OS. The number of carbonyl (C=O) groups excluding carboxylic acids is 1. The summed E-state index contributed by atoms with van der Waals surface area (Å²) < 4.78 is 0. The number of carbonyl (C=O) groups is 1. The van der Waals surface area contributed by atoms with Crippen LogP contribution in [0.3, 0.4) is 0 Å². The van der Waals surface area contributed by atoms with Gasteiger partial charge < -0.3 is 0 Å². The van der Waals surface area contributed by atoms with Crippen LogP contribution in [0.1, 0.15) is 5.56 Å². The summed E-state index contributed by atoms with van der Waals surface area (Å²) in [5.74, 6) is 0.137. The van der Waals surface area contributed by atoms with Crippen molar-refractivity contribution in [3.63, 3.8) is 0 Å². The fraction of sp³-hybridized carbons (Fsp3) is 0.200. The molecule has 0 spiro atoms. The number of hydrogen-bond donors (Lipinski definition) is 2. The minimum absolute atomic E-state index is 0.117. The Balaban J connectivity index is 2.81. The quantitative estimate of drug-likeness (QED) is 0.430. The molecule has 0 saturated carbocycles. The van der Waals surface area contributed by atoms with Crippen molar-refractivity contribution in [2.75, 3.05) is 12.8 Å². The lowest BCUT2D eigenvalue weighted by atomic mass is 10.2. The molecule has 1 aromatic carbocycles. The Hall–Kier alpha value is -1.29. The molecule has 0 radical (unpaired) electrons. The highest BCUT2D eigenvalue weighted by Crippen LogP contribution is 2.03. The highest BCUT2D eigenvalue weighted by atomic mass is 32.1. The van der Waals surface area contributed by atoms with Crippen LogP contribution in [0.4, 0.5) is 0 Å². The molecule has 0 heterocycles. The summed E-state index contributed by atoms with van der Waals surface area (Å²) in [6, 6.07) is 9.14. The molecule has 74 valence electrons. The van der Waals surface area contributed by atoms with Crippen molar-refractivity contribution in [2.24, 2.45) is 0 Å². The SMILES string of the molecule is CN(C(=N)c1ccccc1)C(=O)CS. The van der Waals surface area contributed by atoms with Crippen LogP contribution in [0.15, 0.2) is 30.3 Å². The molecule has 1 rings (SSSR count). The maximum absolute atomic E-state index is 11.2. The first-order valence-electron chi connectivity index (χ1n) is 4.18. The zero-order chi connectivity index (χ0) is 10.6. The molecule has 1 N–H and O–H groups in total. The number of amides is 1. The average molecular weight is 208 g/mol. The minimum Gasteiger partial charge on any atom is -0.299 e. The fourth-order valence-corrected chi connectivity index (χ4v) is 1.23. The second kappa shape index (κ2) is 4.81. The number of nitrogens with zero attached hydrogens (tertiary/aromatic N) is 1. The molecule has 0 fully saturated rings. The van der Waals surface area contributed by atoms with Gasteiger partial charge in [-0.3, -0.25) is 15.1 Å². The van der Waals surface area contributed by atoms with Crippen molar-refractivity contribution < 1.29 is 4.79 Å². The van der Waals surface area contributed by atoms with Gasteiger partial charge in [-0.2, -0.15) is 12.6 Å². The first-order chi connectivity index (χ1) is 6.66. The molecule has 0 unspecified atom stereocenters. The van der Waals surface area contributed by atoms with Crippen molar-refractivity contribution in [1.29, 1.82) is 5.41 Å². The first kappa shape index (κ1) is 10.8. The van der Waals surface area contributed by atoms with E-state index in [1.807, 2.05) is 18.2 Å². The van der Waals surface area contributed by atoms with Gasteiger partial charge in [-0.1, -0.05) is 30.3 Å². The molecule has 0 saturated heterocycles. The highest BCUT2D eigenvalue weighted by Gasteiger charge is 2.12. The molecule has 0 aliphatic rings. The van der Waals surface area contributed by atoms with Crippen molar-refractivity contribution in [3.05, 3.63) is 35.9 Å². The lowest BCUT2D eigenvalue weighted by Gasteiger charge is -2.16. The standard InChI is InChI=1S/C10H12N2OS/c1-12(9(13)7-14)10(11)8-5-3-2-4-6-8/h2-6,11,14H,7H2,1H3. The molecule has 3 nitrogen and oxygen atoms in total. The Morgan fingerprint density at radius 2 is 2.00 bits per heavy atom. The third kappa shape index (κ3) is 2.35. The van der Waals surface area contributed by atoms with Crippen LogP contribution in [-0.4, -0.2) is 29.4 Å². The fourth-order valence-electron chi connectivity index (χ4n) is 1.02. The van der Waals surface area contributed by atoms with Gasteiger partial charge in [-0.15, -0.1) is 0 Å². The normalized spacial score (nSPS) is 9.57. The van der Waals surface area contributed by atoms with Gasteiger partial charge in [0.15, 0.2) is 0 Å². The van der Waals surface area contributed by atoms with E-state index in [-0.39, 0.29) is 17.5 Å². The summed E-state index contributed by atoms with van der Waals surface area (Å²) in [5, 5.41) is 7.74. The molecule has 0 aliphatic carbocycles. The van der Waals surface area contributed by atoms with E-state index in [9.17, 15) is 4.79 Å². The zero-order valence-electron chi connectivity index (χ0n) is 7.90. The summed E-state index contributed by atoms with van der Waals surface area (Å²) in [4.78, 5) is 12.5. The summed E-state index contributed by atoms with van der Waals surface area (Å²) >= 11 is 3.87. The molecular weight excluding hydrogens is 196 g/mol. The molecule has 0 atom stereocenters. The number of nitrogens with one attached hydrogen (secondary N) is 1. The number of thiol groups is 1. The maximum atomic E-state index is 11.2. The van der Waals surface area contributed by atoms with E-state index in [2.05, 4.69) is 12.6 Å². The molecule has 1 aromatic rings. The molecule has 0 aromatic heterocycles. The Bertz CT molecular complexity index is 337. The van der Waals surface area contributed by atoms with Gasteiger partial charge in [0.25, 0.3) is 0 Å². The lowest BCUT2D eigenvalue weighted by Crippen LogP contribution is -2.33. The summed E-state index contributed by atoms with van der Waals surface area (Å²) in [5.41, 5.74) is 0.727. The van der Waals surface area contributed by atoms with E-state index in [0.29, 0.717) is 0 Å². The number of benzene rings is 1. The van der Waals surface area contributed by atoms with E-state index in [1.165, 1.54) is 4.90 Å². The van der Waals surface area contributed by atoms with Crippen molar-refractivity contribution >= 4 is 24.4 Å². The third-order valence-electron chi connectivity index (χ3n) is 1.89. The summed E-state index contributed by atoms with van der Waals surface area (Å²) in [6.45, 7) is 0. The smallest absolute Gasteiger partial charge is 0.237 e. The predicted octanol–water partition coefficient (Wildman–Crippen LogP) is 1.40. The zero-order valence-corrected chi connectivity index (χ0v) is 8.79. The minimum atomic E-state index is -0.179. The van der Waals surface area contributed by atoms with Crippen molar-refractivity contribution in [2.45, 2.75) is 0 Å². The lowest BCUT2D eigenvalue weighted by molar-refractivity contribution is -0.123. The van der Waals surface area contributed by atoms with Crippen LogP contribution in [0.25, 0.3) is 0 Å². The van der Waals surface area contributed by atoms with Crippen LogP contribution < -0.4 is 0 Å². The maximum Gasteiger partial charge on any atom is 0.237 e. The topological polar surface area (TPSA) is 44.2 Å². The molecule has 4 heteroatoms. The second-order valence-electron chi connectivity index (χ2n) is 2.83. The van der Waals surface area contributed by atoms with Gasteiger partial charge in [0.1, 0.15) is 5.84 Å². The first-order valence-corrected chi connectivity index (χ1v) is 4.81. The van der Waals surface area contributed by atoms with Gasteiger partial charge in [0.2, 0.25) is 5.91 Å². The number of rotatable bonds is 2. The van der Waals surface area contributed by atoms with Gasteiger partial charge in [0.05, 0.1) is 5.75 Å². The molecule has 14 heavy (non-hydrogen) atoms.